The van der Waals surface area contributed by atoms with Gasteiger partial charge in [-0.15, -0.1) is 0 Å². The highest BCUT2D eigenvalue weighted by atomic mass is 19.3. The third-order valence-corrected chi connectivity index (χ3v) is 2.44. The first-order valence-corrected chi connectivity index (χ1v) is 5.12. The van der Waals surface area contributed by atoms with Crippen LogP contribution >= 0.6 is 0 Å². The summed E-state index contributed by atoms with van der Waals surface area (Å²) in [7, 11) is 0. The third kappa shape index (κ3) is 3.14. The van der Waals surface area contributed by atoms with Crippen molar-refractivity contribution in [1.29, 1.82) is 5.26 Å². The summed E-state index contributed by atoms with van der Waals surface area (Å²) in [4.78, 5) is 12.5. The van der Waals surface area contributed by atoms with Crippen LogP contribution in [0.3, 0.4) is 0 Å². The second-order valence-electron chi connectivity index (χ2n) is 3.73. The first-order chi connectivity index (χ1) is 7.50. The van der Waals surface area contributed by atoms with E-state index < -0.39 is 24.4 Å². The molecule has 0 aromatic carbocycles. The fourth-order valence-electron chi connectivity index (χ4n) is 1.76. The van der Waals surface area contributed by atoms with Crippen molar-refractivity contribution in [3.63, 3.8) is 0 Å². The van der Waals surface area contributed by atoms with Gasteiger partial charge in [0, 0.05) is 13.0 Å². The van der Waals surface area contributed by atoms with Gasteiger partial charge in [0.15, 0.2) is 0 Å². The van der Waals surface area contributed by atoms with Gasteiger partial charge in [-0.1, -0.05) is 0 Å². The van der Waals surface area contributed by atoms with E-state index in [1.807, 2.05) is 0 Å². The summed E-state index contributed by atoms with van der Waals surface area (Å²) < 4.78 is 31.3. The number of ether oxygens (including phenoxy) is 1. The van der Waals surface area contributed by atoms with Gasteiger partial charge in [-0.25, -0.2) is 8.78 Å². The SMILES string of the molecule is CCOCC1CC(F)(F)CN1C(=O)CC#N. The van der Waals surface area contributed by atoms with Gasteiger partial charge in [0.05, 0.1) is 25.3 Å². The molecule has 1 fully saturated rings. The van der Waals surface area contributed by atoms with Crippen molar-refractivity contribution in [2.75, 3.05) is 19.8 Å². The number of alkyl halides is 2. The van der Waals surface area contributed by atoms with E-state index in [0.29, 0.717) is 6.61 Å². The molecule has 1 aliphatic rings. The minimum absolute atomic E-state index is 0.100. The molecule has 1 atom stereocenters. The number of carbonyl (C=O) groups is 1. The summed E-state index contributed by atoms with van der Waals surface area (Å²) in [6.45, 7) is 1.67. The van der Waals surface area contributed by atoms with Crippen molar-refractivity contribution in [3.8, 4) is 6.07 Å². The van der Waals surface area contributed by atoms with Crippen molar-refractivity contribution in [2.24, 2.45) is 0 Å². The van der Waals surface area contributed by atoms with E-state index in [1.165, 1.54) is 0 Å². The number of hydrogen-bond acceptors (Lipinski definition) is 3. The molecule has 0 saturated carbocycles. The van der Waals surface area contributed by atoms with E-state index in [4.69, 9.17) is 10.00 Å². The van der Waals surface area contributed by atoms with E-state index in [9.17, 15) is 13.6 Å². The lowest BCUT2D eigenvalue weighted by molar-refractivity contribution is -0.133. The lowest BCUT2D eigenvalue weighted by Gasteiger charge is -2.22. The van der Waals surface area contributed by atoms with Gasteiger partial charge in [-0.3, -0.25) is 4.79 Å². The van der Waals surface area contributed by atoms with Gasteiger partial charge >= 0.3 is 0 Å². The zero-order chi connectivity index (χ0) is 12.2. The number of carbonyl (C=O) groups excluding carboxylic acids is 1. The molecule has 0 spiro atoms. The average molecular weight is 232 g/mol. The maximum Gasteiger partial charge on any atom is 0.267 e. The number of halogens is 2. The Morgan fingerprint density at radius 2 is 2.38 bits per heavy atom. The second kappa shape index (κ2) is 5.21. The van der Waals surface area contributed by atoms with Crippen LogP contribution in [0.5, 0.6) is 0 Å². The quantitative estimate of drug-likeness (QED) is 0.731. The Morgan fingerprint density at radius 3 is 2.94 bits per heavy atom. The van der Waals surface area contributed by atoms with Crippen LogP contribution in [0, 0.1) is 11.3 Å². The highest BCUT2D eigenvalue weighted by Gasteiger charge is 2.46. The molecule has 0 aromatic heterocycles. The Kier molecular flexibility index (Phi) is 4.19. The van der Waals surface area contributed by atoms with Gasteiger partial charge in [0.1, 0.15) is 6.42 Å². The van der Waals surface area contributed by atoms with Crippen LogP contribution in [0.1, 0.15) is 19.8 Å². The van der Waals surface area contributed by atoms with Crippen molar-refractivity contribution < 1.29 is 18.3 Å². The van der Waals surface area contributed by atoms with Crippen molar-refractivity contribution in [2.45, 2.75) is 31.7 Å². The summed E-state index contributed by atoms with van der Waals surface area (Å²) >= 11 is 0. The molecule has 1 aliphatic heterocycles. The summed E-state index contributed by atoms with van der Waals surface area (Å²) in [5, 5.41) is 8.37. The van der Waals surface area contributed by atoms with E-state index in [2.05, 4.69) is 0 Å². The van der Waals surface area contributed by atoms with Crippen LogP contribution in [-0.2, 0) is 9.53 Å². The predicted molar refractivity (Wildman–Crippen MR) is 51.8 cm³/mol. The molecule has 1 rings (SSSR count). The molecule has 1 unspecified atom stereocenters. The number of nitrogens with zero attached hydrogens (tertiary/aromatic N) is 2. The van der Waals surface area contributed by atoms with Crippen molar-refractivity contribution in [1.82, 2.24) is 4.90 Å². The van der Waals surface area contributed by atoms with Gasteiger partial charge in [-0.05, 0) is 6.92 Å². The number of nitriles is 1. The van der Waals surface area contributed by atoms with Crippen LogP contribution < -0.4 is 0 Å². The van der Waals surface area contributed by atoms with E-state index in [-0.39, 0.29) is 19.4 Å². The van der Waals surface area contributed by atoms with Gasteiger partial charge in [0.2, 0.25) is 5.91 Å². The number of rotatable bonds is 4. The van der Waals surface area contributed by atoms with Gasteiger partial charge < -0.3 is 9.64 Å². The normalized spacial score (nSPS) is 23.1. The van der Waals surface area contributed by atoms with E-state index in [1.54, 1.807) is 13.0 Å². The topological polar surface area (TPSA) is 53.3 Å². The molecule has 1 amide bonds. The number of likely N-dealkylation sites (tertiary alicyclic amines) is 1. The summed E-state index contributed by atoms with van der Waals surface area (Å²) in [5.41, 5.74) is 0. The summed E-state index contributed by atoms with van der Waals surface area (Å²) in [6.07, 6.45) is -0.747. The molecular weight excluding hydrogens is 218 g/mol. The molecule has 0 N–H and O–H groups in total. The largest absolute Gasteiger partial charge is 0.380 e. The van der Waals surface area contributed by atoms with Crippen LogP contribution in [-0.4, -0.2) is 42.5 Å². The fourth-order valence-corrected chi connectivity index (χ4v) is 1.76. The van der Waals surface area contributed by atoms with Crippen LogP contribution in [0.25, 0.3) is 0 Å². The highest BCUT2D eigenvalue weighted by Crippen LogP contribution is 2.32. The van der Waals surface area contributed by atoms with Crippen LogP contribution in [0.4, 0.5) is 8.78 Å². The fraction of sp³-hybridized carbons (Fsp3) is 0.800. The lowest BCUT2D eigenvalue weighted by atomic mass is 10.2. The Bertz CT molecular complexity index is 302. The molecule has 0 aromatic rings. The maximum absolute atomic E-state index is 13.1. The smallest absolute Gasteiger partial charge is 0.267 e. The van der Waals surface area contributed by atoms with E-state index in [0.717, 1.165) is 4.90 Å². The number of amides is 1. The third-order valence-electron chi connectivity index (χ3n) is 2.44. The summed E-state index contributed by atoms with van der Waals surface area (Å²) in [6, 6.07) is 1.06. The molecule has 6 heteroatoms. The first-order valence-electron chi connectivity index (χ1n) is 5.12. The first kappa shape index (κ1) is 12.8. The van der Waals surface area contributed by atoms with Crippen molar-refractivity contribution >= 4 is 5.91 Å². The molecule has 0 bridgehead atoms. The molecule has 4 nitrogen and oxygen atoms in total. The number of hydrogen-bond donors (Lipinski definition) is 0. The molecule has 0 aliphatic carbocycles. The second-order valence-corrected chi connectivity index (χ2v) is 3.73. The molecule has 0 radical (unpaired) electrons. The van der Waals surface area contributed by atoms with E-state index >= 15 is 0 Å². The Hall–Kier alpha value is -1.22. The van der Waals surface area contributed by atoms with Crippen LogP contribution in [0.15, 0.2) is 0 Å². The minimum atomic E-state index is -2.87. The average Bonchev–Trinajstić information content (AvgIpc) is 2.51. The van der Waals surface area contributed by atoms with Crippen molar-refractivity contribution in [3.05, 3.63) is 0 Å². The molecule has 16 heavy (non-hydrogen) atoms. The maximum atomic E-state index is 13.1. The van der Waals surface area contributed by atoms with Crippen LogP contribution in [0.2, 0.25) is 0 Å². The monoisotopic (exact) mass is 232 g/mol. The molecule has 1 saturated heterocycles. The molecule has 90 valence electrons. The standard InChI is InChI=1S/C10H14F2N2O2/c1-2-16-6-8-5-10(11,12)7-14(8)9(15)3-4-13/h8H,2-3,5-7H2,1H3. The minimum Gasteiger partial charge on any atom is -0.380 e. The zero-order valence-corrected chi connectivity index (χ0v) is 9.08. The van der Waals surface area contributed by atoms with Gasteiger partial charge in [-0.2, -0.15) is 5.26 Å². The predicted octanol–water partition coefficient (Wildman–Crippen LogP) is 1.17. The summed E-state index contributed by atoms with van der Waals surface area (Å²) in [5.74, 6) is -3.42. The van der Waals surface area contributed by atoms with Gasteiger partial charge in [0.25, 0.3) is 5.92 Å². The lowest BCUT2D eigenvalue weighted by Crippen LogP contribution is -2.38. The Morgan fingerprint density at radius 1 is 1.69 bits per heavy atom. The Balaban J connectivity index is 2.64. The highest BCUT2D eigenvalue weighted by molar-refractivity contribution is 5.79. The molecular formula is C10H14F2N2O2. The molecule has 1 heterocycles. The zero-order valence-electron chi connectivity index (χ0n) is 9.08. The Labute approximate surface area is 92.8 Å².